The van der Waals surface area contributed by atoms with Crippen LogP contribution >= 0.6 is 0 Å². The predicted octanol–water partition coefficient (Wildman–Crippen LogP) is 2.54. The van der Waals surface area contributed by atoms with Crippen LogP contribution in [0.5, 0.6) is 0 Å². The van der Waals surface area contributed by atoms with Crippen molar-refractivity contribution in [3.8, 4) is 0 Å². The third-order valence-electron chi connectivity index (χ3n) is 5.29. The molecule has 2 aliphatic heterocycles. The van der Waals surface area contributed by atoms with Crippen molar-refractivity contribution in [1.82, 2.24) is 25.2 Å². The van der Waals surface area contributed by atoms with E-state index >= 15 is 0 Å². The molecule has 0 unspecified atom stereocenters. The number of hydrogen-bond acceptors (Lipinski definition) is 6. The highest BCUT2D eigenvalue weighted by atomic mass is 19.1. The molecule has 1 saturated heterocycles. The second-order valence-electron chi connectivity index (χ2n) is 7.96. The summed E-state index contributed by atoms with van der Waals surface area (Å²) in [6.07, 6.45) is 2.74. The van der Waals surface area contributed by atoms with Crippen molar-refractivity contribution < 1.29 is 22.8 Å². The maximum atomic E-state index is 14.0. The quantitative estimate of drug-likeness (QED) is 0.644. The summed E-state index contributed by atoms with van der Waals surface area (Å²) in [6.45, 7) is 3.41. The SMILES string of the molecule is CC1CN(C(=O)c2nc(NCCNC(=O)N3N=CC[C@H]3c3cc(F)cc(F)c3)ncc2F)C1. The average Bonchev–Trinajstić information content (AvgIpc) is 3.24. The molecule has 1 aromatic carbocycles. The lowest BCUT2D eigenvalue weighted by atomic mass is 10.0. The zero-order valence-electron chi connectivity index (χ0n) is 17.8. The summed E-state index contributed by atoms with van der Waals surface area (Å²) < 4.78 is 41.1. The molecule has 1 atom stereocenters. The summed E-state index contributed by atoms with van der Waals surface area (Å²) in [6, 6.07) is 1.91. The average molecular weight is 461 g/mol. The molecular formula is C21H22F3N7O2. The lowest BCUT2D eigenvalue weighted by Crippen LogP contribution is -2.49. The molecule has 174 valence electrons. The number of amides is 3. The first kappa shape index (κ1) is 22.5. The fourth-order valence-electron chi connectivity index (χ4n) is 3.70. The first-order valence-electron chi connectivity index (χ1n) is 10.4. The molecule has 1 aromatic heterocycles. The van der Waals surface area contributed by atoms with Crippen LogP contribution in [-0.2, 0) is 0 Å². The highest BCUT2D eigenvalue weighted by molar-refractivity contribution is 5.93. The van der Waals surface area contributed by atoms with Crippen LogP contribution < -0.4 is 10.6 Å². The number of nitrogens with one attached hydrogen (secondary N) is 2. The lowest BCUT2D eigenvalue weighted by Gasteiger charge is -2.36. The van der Waals surface area contributed by atoms with Crippen molar-refractivity contribution in [2.75, 3.05) is 31.5 Å². The predicted molar refractivity (Wildman–Crippen MR) is 113 cm³/mol. The Kier molecular flexibility index (Phi) is 6.43. The number of anilines is 1. The standard InChI is InChI=1S/C21H22F3N7O2/c1-12-10-30(11-12)19(32)18-16(24)9-27-20(29-18)25-4-5-26-21(33)31-17(2-3-28-31)13-6-14(22)8-15(23)7-13/h3,6-9,12,17H,2,4-5,10-11H2,1H3,(H,26,33)(H,25,27,29)/t17-/m0/s1. The molecule has 0 saturated carbocycles. The van der Waals surface area contributed by atoms with Crippen LogP contribution in [0.4, 0.5) is 23.9 Å². The molecule has 0 aliphatic carbocycles. The number of aromatic nitrogens is 2. The number of carbonyl (C=O) groups excluding carboxylic acids is 2. The van der Waals surface area contributed by atoms with E-state index in [0.717, 1.165) is 29.4 Å². The fraction of sp³-hybridized carbons (Fsp3) is 0.381. The number of hydrazone groups is 1. The Morgan fingerprint density at radius 2 is 1.85 bits per heavy atom. The van der Waals surface area contributed by atoms with Crippen molar-refractivity contribution in [3.63, 3.8) is 0 Å². The highest BCUT2D eigenvalue weighted by Gasteiger charge is 2.31. The minimum atomic E-state index is -0.801. The first-order chi connectivity index (χ1) is 15.8. The molecule has 0 radical (unpaired) electrons. The summed E-state index contributed by atoms with van der Waals surface area (Å²) in [5.74, 6) is -2.33. The third kappa shape index (κ3) is 5.04. The molecule has 2 aliphatic rings. The van der Waals surface area contributed by atoms with Crippen molar-refractivity contribution in [3.05, 3.63) is 53.1 Å². The third-order valence-corrected chi connectivity index (χ3v) is 5.29. The lowest BCUT2D eigenvalue weighted by molar-refractivity contribution is 0.0518. The molecule has 3 amide bonds. The topological polar surface area (TPSA) is 103 Å². The van der Waals surface area contributed by atoms with E-state index < -0.39 is 35.4 Å². The fourth-order valence-corrected chi connectivity index (χ4v) is 3.70. The van der Waals surface area contributed by atoms with Crippen molar-refractivity contribution in [2.24, 2.45) is 11.0 Å². The Bertz CT molecular complexity index is 1070. The second-order valence-corrected chi connectivity index (χ2v) is 7.96. The molecule has 0 spiro atoms. The molecule has 9 nitrogen and oxygen atoms in total. The van der Waals surface area contributed by atoms with Gasteiger partial charge in [-0.15, -0.1) is 0 Å². The summed E-state index contributed by atoms with van der Waals surface area (Å²) in [5, 5.41) is 10.6. The zero-order chi connectivity index (χ0) is 23.5. The first-order valence-corrected chi connectivity index (χ1v) is 10.4. The Morgan fingerprint density at radius 1 is 1.12 bits per heavy atom. The van der Waals surface area contributed by atoms with E-state index in [4.69, 9.17) is 0 Å². The van der Waals surface area contributed by atoms with Crippen LogP contribution in [0.2, 0.25) is 0 Å². The smallest absolute Gasteiger partial charge is 0.338 e. The van der Waals surface area contributed by atoms with E-state index in [9.17, 15) is 22.8 Å². The van der Waals surface area contributed by atoms with Gasteiger partial charge in [0.1, 0.15) is 11.6 Å². The Labute approximate surface area is 187 Å². The Morgan fingerprint density at radius 3 is 2.55 bits per heavy atom. The van der Waals surface area contributed by atoms with Crippen molar-refractivity contribution in [1.29, 1.82) is 0 Å². The van der Waals surface area contributed by atoms with E-state index in [1.807, 2.05) is 6.92 Å². The van der Waals surface area contributed by atoms with Crippen LogP contribution in [0.25, 0.3) is 0 Å². The summed E-state index contributed by atoms with van der Waals surface area (Å²) >= 11 is 0. The highest BCUT2D eigenvalue weighted by Crippen LogP contribution is 2.29. The maximum absolute atomic E-state index is 14.0. The van der Waals surface area contributed by atoms with E-state index in [-0.39, 0.29) is 24.7 Å². The van der Waals surface area contributed by atoms with Gasteiger partial charge in [0.05, 0.1) is 12.2 Å². The van der Waals surface area contributed by atoms with E-state index in [2.05, 4.69) is 25.7 Å². The van der Waals surface area contributed by atoms with Crippen LogP contribution in [0.3, 0.4) is 0 Å². The molecule has 33 heavy (non-hydrogen) atoms. The molecule has 2 aromatic rings. The van der Waals surface area contributed by atoms with Crippen LogP contribution in [0.1, 0.15) is 35.4 Å². The van der Waals surface area contributed by atoms with Crippen LogP contribution in [-0.4, -0.2) is 64.2 Å². The Hall–Kier alpha value is -3.70. The van der Waals surface area contributed by atoms with Gasteiger partial charge in [0.2, 0.25) is 5.95 Å². The van der Waals surface area contributed by atoms with Crippen molar-refractivity contribution in [2.45, 2.75) is 19.4 Å². The van der Waals surface area contributed by atoms with E-state index in [1.165, 1.54) is 11.1 Å². The maximum Gasteiger partial charge on any atom is 0.338 e. The number of carbonyl (C=O) groups is 2. The van der Waals surface area contributed by atoms with E-state index in [0.29, 0.717) is 31.0 Å². The minimum Gasteiger partial charge on any atom is -0.352 e. The largest absolute Gasteiger partial charge is 0.352 e. The van der Waals surface area contributed by atoms with Gasteiger partial charge >= 0.3 is 6.03 Å². The number of likely N-dealkylation sites (tertiary alicyclic amines) is 1. The second kappa shape index (κ2) is 9.43. The molecule has 0 bridgehead atoms. The number of benzene rings is 1. The van der Waals surface area contributed by atoms with Gasteiger partial charge in [-0.3, -0.25) is 4.79 Å². The summed E-state index contributed by atoms with van der Waals surface area (Å²) in [5.41, 5.74) is -0.00760. The Balaban J connectivity index is 1.30. The van der Waals surface area contributed by atoms with Gasteiger partial charge < -0.3 is 15.5 Å². The number of urea groups is 1. The van der Waals surface area contributed by atoms with Gasteiger partial charge in [-0.1, -0.05) is 6.92 Å². The number of halogens is 3. The van der Waals surface area contributed by atoms with Gasteiger partial charge in [0.15, 0.2) is 11.5 Å². The normalized spacial score (nSPS) is 17.8. The summed E-state index contributed by atoms with van der Waals surface area (Å²) in [7, 11) is 0. The van der Waals surface area contributed by atoms with Gasteiger partial charge in [-0.25, -0.2) is 32.9 Å². The van der Waals surface area contributed by atoms with Gasteiger partial charge in [0, 0.05) is 44.9 Å². The molecular weight excluding hydrogens is 439 g/mol. The van der Waals surface area contributed by atoms with Gasteiger partial charge in [0.25, 0.3) is 5.91 Å². The number of nitrogens with zero attached hydrogens (tertiary/aromatic N) is 5. The molecule has 4 rings (SSSR count). The zero-order valence-corrected chi connectivity index (χ0v) is 17.8. The summed E-state index contributed by atoms with van der Waals surface area (Å²) in [4.78, 5) is 34.1. The molecule has 2 N–H and O–H groups in total. The molecule has 12 heteroatoms. The molecule has 1 fully saturated rings. The number of hydrogen-bond donors (Lipinski definition) is 2. The van der Waals surface area contributed by atoms with Crippen LogP contribution in [0.15, 0.2) is 29.5 Å². The molecule has 3 heterocycles. The monoisotopic (exact) mass is 461 g/mol. The minimum absolute atomic E-state index is 0.0508. The van der Waals surface area contributed by atoms with Gasteiger partial charge in [-0.05, 0) is 23.6 Å². The van der Waals surface area contributed by atoms with Gasteiger partial charge in [-0.2, -0.15) is 5.10 Å². The number of rotatable bonds is 6. The van der Waals surface area contributed by atoms with Crippen molar-refractivity contribution >= 4 is 24.1 Å². The van der Waals surface area contributed by atoms with E-state index in [1.54, 1.807) is 0 Å². The van der Waals surface area contributed by atoms with Crippen LogP contribution in [0, 0.1) is 23.4 Å².